The van der Waals surface area contributed by atoms with Gasteiger partial charge in [-0.15, -0.1) is 0 Å². The Kier molecular flexibility index (Phi) is 5.36. The van der Waals surface area contributed by atoms with E-state index in [1.54, 1.807) is 6.92 Å². The van der Waals surface area contributed by atoms with Crippen LogP contribution in [0.25, 0.3) is 0 Å². The van der Waals surface area contributed by atoms with Crippen molar-refractivity contribution in [2.24, 2.45) is 0 Å². The molecule has 0 bridgehead atoms. The zero-order valence-corrected chi connectivity index (χ0v) is 10.9. The predicted octanol–water partition coefficient (Wildman–Crippen LogP) is 0.977. The summed E-state index contributed by atoms with van der Waals surface area (Å²) in [5.74, 6) is -0.825. The molecule has 0 aromatic heterocycles. The molecule has 0 spiro atoms. The summed E-state index contributed by atoms with van der Waals surface area (Å²) in [6.45, 7) is 6.13. The van der Waals surface area contributed by atoms with Crippen molar-refractivity contribution in [1.82, 2.24) is 4.90 Å². The zero-order chi connectivity index (χ0) is 12.9. The standard InChI is InChI=1S/C12H23NO4/c1-4-17-10-5-7-13(8-6-10)12(2,9-16-3)11(14)15/h10H,4-9H2,1-3H3,(H,14,15). The van der Waals surface area contributed by atoms with Gasteiger partial charge >= 0.3 is 5.97 Å². The normalized spacial score (nSPS) is 22.3. The van der Waals surface area contributed by atoms with Gasteiger partial charge in [0, 0.05) is 26.8 Å². The zero-order valence-electron chi connectivity index (χ0n) is 10.9. The van der Waals surface area contributed by atoms with Crippen molar-refractivity contribution in [2.45, 2.75) is 38.3 Å². The molecule has 5 heteroatoms. The van der Waals surface area contributed by atoms with Gasteiger partial charge in [-0.25, -0.2) is 0 Å². The average molecular weight is 245 g/mol. The molecule has 0 radical (unpaired) electrons. The minimum Gasteiger partial charge on any atom is -0.480 e. The van der Waals surface area contributed by atoms with E-state index in [-0.39, 0.29) is 12.7 Å². The largest absolute Gasteiger partial charge is 0.480 e. The van der Waals surface area contributed by atoms with E-state index in [2.05, 4.69) is 0 Å². The maximum atomic E-state index is 11.4. The third-order valence-electron chi connectivity index (χ3n) is 3.43. The molecule has 1 aliphatic rings. The van der Waals surface area contributed by atoms with Crippen LogP contribution in [0, 0.1) is 0 Å². The third kappa shape index (κ3) is 3.40. The van der Waals surface area contributed by atoms with Crippen molar-refractivity contribution in [2.75, 3.05) is 33.4 Å². The molecule has 0 aliphatic carbocycles. The summed E-state index contributed by atoms with van der Waals surface area (Å²) in [5.41, 5.74) is -0.925. The lowest BCUT2D eigenvalue weighted by molar-refractivity contribution is -0.156. The van der Waals surface area contributed by atoms with Gasteiger partial charge in [-0.05, 0) is 26.7 Å². The molecule has 0 aromatic rings. The summed E-state index contributed by atoms with van der Waals surface area (Å²) in [4.78, 5) is 13.3. The summed E-state index contributed by atoms with van der Waals surface area (Å²) in [6.07, 6.45) is 2.05. The van der Waals surface area contributed by atoms with Crippen LogP contribution in [-0.4, -0.2) is 61.0 Å². The van der Waals surface area contributed by atoms with Gasteiger partial charge in [0.25, 0.3) is 0 Å². The van der Waals surface area contributed by atoms with E-state index in [9.17, 15) is 9.90 Å². The van der Waals surface area contributed by atoms with Gasteiger partial charge in [0.05, 0.1) is 12.7 Å². The van der Waals surface area contributed by atoms with E-state index in [0.29, 0.717) is 0 Å². The number of hydrogen-bond acceptors (Lipinski definition) is 4. The molecular formula is C12H23NO4. The van der Waals surface area contributed by atoms with Crippen molar-refractivity contribution in [3.63, 3.8) is 0 Å². The number of ether oxygens (including phenoxy) is 2. The number of hydrogen-bond donors (Lipinski definition) is 1. The highest BCUT2D eigenvalue weighted by molar-refractivity contribution is 5.78. The van der Waals surface area contributed by atoms with Gasteiger partial charge in [0.2, 0.25) is 0 Å². The summed E-state index contributed by atoms with van der Waals surface area (Å²) in [6, 6.07) is 0. The first-order chi connectivity index (χ1) is 8.04. The van der Waals surface area contributed by atoms with E-state index < -0.39 is 11.5 Å². The Labute approximate surface area is 103 Å². The first-order valence-electron chi connectivity index (χ1n) is 6.13. The van der Waals surface area contributed by atoms with Crippen LogP contribution in [0.4, 0.5) is 0 Å². The van der Waals surface area contributed by atoms with Crippen molar-refractivity contribution >= 4 is 5.97 Å². The van der Waals surface area contributed by atoms with Gasteiger partial charge in [0.15, 0.2) is 0 Å². The molecule has 0 amide bonds. The number of carboxylic acids is 1. The molecule has 1 aliphatic heterocycles. The maximum Gasteiger partial charge on any atom is 0.326 e. The third-order valence-corrected chi connectivity index (χ3v) is 3.43. The van der Waals surface area contributed by atoms with Crippen molar-refractivity contribution in [3.8, 4) is 0 Å². The van der Waals surface area contributed by atoms with Gasteiger partial charge in [0.1, 0.15) is 5.54 Å². The Hall–Kier alpha value is -0.650. The van der Waals surface area contributed by atoms with Gasteiger partial charge in [-0.1, -0.05) is 0 Å². The van der Waals surface area contributed by atoms with Gasteiger partial charge < -0.3 is 14.6 Å². The van der Waals surface area contributed by atoms with E-state index in [1.807, 2.05) is 11.8 Å². The molecule has 1 atom stereocenters. The van der Waals surface area contributed by atoms with Crippen LogP contribution in [0.3, 0.4) is 0 Å². The summed E-state index contributed by atoms with van der Waals surface area (Å²) >= 11 is 0. The van der Waals surface area contributed by atoms with Crippen LogP contribution in [0.1, 0.15) is 26.7 Å². The molecule has 1 unspecified atom stereocenters. The Bertz CT molecular complexity index is 251. The molecule has 17 heavy (non-hydrogen) atoms. The van der Waals surface area contributed by atoms with Crippen LogP contribution < -0.4 is 0 Å². The van der Waals surface area contributed by atoms with Crippen molar-refractivity contribution in [1.29, 1.82) is 0 Å². The quantitative estimate of drug-likeness (QED) is 0.756. The second-order valence-electron chi connectivity index (χ2n) is 4.65. The average Bonchev–Trinajstić information content (AvgIpc) is 2.30. The number of carboxylic acid groups (broad SMARTS) is 1. The molecule has 1 saturated heterocycles. The van der Waals surface area contributed by atoms with E-state index >= 15 is 0 Å². The molecule has 1 heterocycles. The fraction of sp³-hybridized carbons (Fsp3) is 0.917. The molecule has 5 nitrogen and oxygen atoms in total. The predicted molar refractivity (Wildman–Crippen MR) is 64.1 cm³/mol. The molecule has 100 valence electrons. The van der Waals surface area contributed by atoms with Crippen LogP contribution in [0.2, 0.25) is 0 Å². The highest BCUT2D eigenvalue weighted by Crippen LogP contribution is 2.23. The molecular weight excluding hydrogens is 222 g/mol. The number of piperidine rings is 1. The van der Waals surface area contributed by atoms with E-state index in [1.165, 1.54) is 7.11 Å². The summed E-state index contributed by atoms with van der Waals surface area (Å²) in [5, 5.41) is 9.33. The Morgan fingerprint density at radius 2 is 2.06 bits per heavy atom. The number of rotatable bonds is 6. The molecule has 1 fully saturated rings. The summed E-state index contributed by atoms with van der Waals surface area (Å²) < 4.78 is 10.6. The Morgan fingerprint density at radius 1 is 1.47 bits per heavy atom. The smallest absolute Gasteiger partial charge is 0.326 e. The van der Waals surface area contributed by atoms with E-state index in [0.717, 1.165) is 32.5 Å². The monoisotopic (exact) mass is 245 g/mol. The fourth-order valence-electron chi connectivity index (χ4n) is 2.32. The lowest BCUT2D eigenvalue weighted by atomic mass is 9.96. The number of carbonyl (C=O) groups is 1. The first-order valence-corrected chi connectivity index (χ1v) is 6.13. The topological polar surface area (TPSA) is 59.0 Å². The number of likely N-dealkylation sites (tertiary alicyclic amines) is 1. The molecule has 0 aromatic carbocycles. The highest BCUT2D eigenvalue weighted by Gasteiger charge is 2.41. The maximum absolute atomic E-state index is 11.4. The first kappa shape index (κ1) is 14.4. The molecule has 1 N–H and O–H groups in total. The van der Waals surface area contributed by atoms with Crippen LogP contribution in [0.15, 0.2) is 0 Å². The minimum atomic E-state index is -0.925. The number of nitrogens with zero attached hydrogens (tertiary/aromatic N) is 1. The lowest BCUT2D eigenvalue weighted by Crippen LogP contribution is -2.58. The van der Waals surface area contributed by atoms with Crippen molar-refractivity contribution < 1.29 is 19.4 Å². The Morgan fingerprint density at radius 3 is 2.47 bits per heavy atom. The second-order valence-corrected chi connectivity index (χ2v) is 4.65. The SMILES string of the molecule is CCOC1CCN(C(C)(COC)C(=O)O)CC1. The van der Waals surface area contributed by atoms with E-state index in [4.69, 9.17) is 9.47 Å². The highest BCUT2D eigenvalue weighted by atomic mass is 16.5. The fourth-order valence-corrected chi connectivity index (χ4v) is 2.32. The van der Waals surface area contributed by atoms with Crippen LogP contribution in [0.5, 0.6) is 0 Å². The minimum absolute atomic E-state index is 0.210. The lowest BCUT2D eigenvalue weighted by Gasteiger charge is -2.41. The molecule has 1 rings (SSSR count). The number of aliphatic carboxylic acids is 1. The summed E-state index contributed by atoms with van der Waals surface area (Å²) in [7, 11) is 1.54. The van der Waals surface area contributed by atoms with Crippen molar-refractivity contribution in [3.05, 3.63) is 0 Å². The van der Waals surface area contributed by atoms with Crippen LogP contribution in [-0.2, 0) is 14.3 Å². The Balaban J connectivity index is 2.58. The van der Waals surface area contributed by atoms with Gasteiger partial charge in [-0.2, -0.15) is 0 Å². The van der Waals surface area contributed by atoms with Gasteiger partial charge in [-0.3, -0.25) is 9.69 Å². The van der Waals surface area contributed by atoms with Crippen LogP contribution >= 0.6 is 0 Å². The second kappa shape index (κ2) is 6.33. The number of methoxy groups -OCH3 is 1. The molecule has 0 saturated carbocycles.